The number of piperidine rings is 1. The first-order valence-corrected chi connectivity index (χ1v) is 11.3. The summed E-state index contributed by atoms with van der Waals surface area (Å²) in [6.45, 7) is 2.09. The van der Waals surface area contributed by atoms with Gasteiger partial charge in [-0.15, -0.1) is 0 Å². The largest absolute Gasteiger partial charge is 0.477 e. The molecule has 168 valence electrons. The zero-order chi connectivity index (χ0) is 23.2. The van der Waals surface area contributed by atoms with Crippen molar-refractivity contribution in [3.05, 3.63) is 47.3 Å². The summed E-state index contributed by atoms with van der Waals surface area (Å²) < 4.78 is 29.3. The Morgan fingerprint density at radius 3 is 2.62 bits per heavy atom. The number of carbonyl (C=O) groups is 4. The lowest BCUT2D eigenvalue weighted by Crippen LogP contribution is -2.52. The van der Waals surface area contributed by atoms with E-state index in [9.17, 15) is 32.7 Å². The van der Waals surface area contributed by atoms with Crippen LogP contribution in [0, 0.1) is 0 Å². The Kier molecular flexibility index (Phi) is 5.25. The molecule has 3 heterocycles. The van der Waals surface area contributed by atoms with Gasteiger partial charge in [0.2, 0.25) is 11.8 Å². The third-order valence-electron chi connectivity index (χ3n) is 5.52. The van der Waals surface area contributed by atoms with Crippen molar-refractivity contribution in [1.82, 2.24) is 14.8 Å². The first kappa shape index (κ1) is 21.6. The van der Waals surface area contributed by atoms with E-state index in [2.05, 4.69) is 10.0 Å². The van der Waals surface area contributed by atoms with Gasteiger partial charge in [-0.05, 0) is 43.2 Å². The van der Waals surface area contributed by atoms with Gasteiger partial charge in [0, 0.05) is 37.0 Å². The molecule has 0 aliphatic carbocycles. The van der Waals surface area contributed by atoms with Gasteiger partial charge < -0.3 is 14.6 Å². The number of aromatic nitrogens is 1. The minimum Gasteiger partial charge on any atom is -0.477 e. The highest BCUT2D eigenvalue weighted by Gasteiger charge is 2.39. The zero-order valence-electron chi connectivity index (χ0n) is 17.0. The summed E-state index contributed by atoms with van der Waals surface area (Å²) in [7, 11) is -4.07. The maximum absolute atomic E-state index is 12.8. The highest BCUT2D eigenvalue weighted by Crippen LogP contribution is 2.30. The van der Waals surface area contributed by atoms with E-state index in [-0.39, 0.29) is 54.0 Å². The fraction of sp³-hybridized carbons (Fsp3) is 0.300. The Balaban J connectivity index is 1.56. The Labute approximate surface area is 183 Å². The number of aryl methyl sites for hydroxylation is 1. The zero-order valence-corrected chi connectivity index (χ0v) is 17.8. The summed E-state index contributed by atoms with van der Waals surface area (Å²) >= 11 is 0. The van der Waals surface area contributed by atoms with Crippen LogP contribution in [0.4, 0.5) is 5.69 Å². The van der Waals surface area contributed by atoms with Crippen molar-refractivity contribution in [1.29, 1.82) is 0 Å². The van der Waals surface area contributed by atoms with Gasteiger partial charge in [0.15, 0.2) is 0 Å². The van der Waals surface area contributed by atoms with Crippen molar-refractivity contribution in [2.45, 2.75) is 43.8 Å². The van der Waals surface area contributed by atoms with Gasteiger partial charge in [0.05, 0.1) is 0 Å². The molecule has 2 aromatic rings. The van der Waals surface area contributed by atoms with Crippen molar-refractivity contribution in [3.63, 3.8) is 0 Å². The third-order valence-corrected chi connectivity index (χ3v) is 6.87. The number of sulfonamides is 1. The fourth-order valence-electron chi connectivity index (χ4n) is 3.92. The number of hydrogen-bond acceptors (Lipinski definition) is 6. The van der Waals surface area contributed by atoms with Gasteiger partial charge >= 0.3 is 5.97 Å². The van der Waals surface area contributed by atoms with Crippen LogP contribution in [0.1, 0.15) is 46.2 Å². The molecule has 0 bridgehead atoms. The van der Waals surface area contributed by atoms with Crippen LogP contribution in [0.25, 0.3) is 0 Å². The van der Waals surface area contributed by atoms with Crippen LogP contribution in [0.2, 0.25) is 0 Å². The lowest BCUT2D eigenvalue weighted by Gasteiger charge is -2.29. The molecule has 0 saturated carbocycles. The Hall–Kier alpha value is -3.67. The Morgan fingerprint density at radius 2 is 2.00 bits per heavy atom. The van der Waals surface area contributed by atoms with E-state index in [0.29, 0.717) is 11.1 Å². The number of fused-ring (bicyclic) bond motifs is 1. The van der Waals surface area contributed by atoms with Crippen molar-refractivity contribution in [2.75, 3.05) is 4.72 Å². The summed E-state index contributed by atoms with van der Waals surface area (Å²) in [5, 5.41) is 11.5. The molecule has 0 radical (unpaired) electrons. The van der Waals surface area contributed by atoms with Crippen LogP contribution in [0.3, 0.4) is 0 Å². The number of carboxylic acid groups (broad SMARTS) is 1. The van der Waals surface area contributed by atoms with Crippen LogP contribution in [0.5, 0.6) is 0 Å². The van der Waals surface area contributed by atoms with Crippen LogP contribution in [-0.4, -0.2) is 52.7 Å². The smallest absolute Gasteiger partial charge is 0.352 e. The van der Waals surface area contributed by atoms with Crippen LogP contribution in [-0.2, 0) is 32.7 Å². The monoisotopic (exact) mass is 460 g/mol. The van der Waals surface area contributed by atoms with E-state index in [1.54, 1.807) is 6.92 Å². The molecule has 12 heteroatoms. The first-order valence-electron chi connectivity index (χ1n) is 9.84. The maximum atomic E-state index is 12.8. The molecule has 11 nitrogen and oxygen atoms in total. The minimum atomic E-state index is -4.07. The van der Waals surface area contributed by atoms with Crippen molar-refractivity contribution in [3.8, 4) is 0 Å². The van der Waals surface area contributed by atoms with Gasteiger partial charge in [0.25, 0.3) is 15.9 Å². The molecule has 1 aromatic carbocycles. The van der Waals surface area contributed by atoms with Crippen LogP contribution >= 0.6 is 0 Å². The molecule has 1 fully saturated rings. The Bertz CT molecular complexity index is 1260. The number of aromatic carboxylic acids is 1. The van der Waals surface area contributed by atoms with E-state index in [0.717, 1.165) is 6.07 Å². The number of carbonyl (C=O) groups excluding carboxylic acids is 3. The molecular weight excluding hydrogens is 440 g/mol. The van der Waals surface area contributed by atoms with E-state index < -0.39 is 27.9 Å². The average molecular weight is 460 g/mol. The lowest BCUT2D eigenvalue weighted by molar-refractivity contribution is -0.136. The number of anilines is 1. The van der Waals surface area contributed by atoms with Gasteiger partial charge in [-0.1, -0.05) is 0 Å². The maximum Gasteiger partial charge on any atom is 0.352 e. The number of benzene rings is 1. The number of nitrogens with one attached hydrogen (secondary N) is 2. The normalized spacial score (nSPS) is 18.5. The third kappa shape index (κ3) is 3.73. The van der Waals surface area contributed by atoms with Crippen molar-refractivity contribution < 1.29 is 32.7 Å². The second kappa shape index (κ2) is 7.79. The number of amides is 3. The molecule has 3 amide bonds. The topological polar surface area (TPSA) is 155 Å². The molecule has 4 rings (SSSR count). The molecule has 3 N–H and O–H groups in total. The van der Waals surface area contributed by atoms with E-state index >= 15 is 0 Å². The fourth-order valence-corrected chi connectivity index (χ4v) is 5.01. The minimum absolute atomic E-state index is 0.103. The first-order chi connectivity index (χ1) is 15.1. The molecular formula is C20H20N4O7S. The highest BCUT2D eigenvalue weighted by molar-refractivity contribution is 7.92. The molecule has 2 aliphatic heterocycles. The highest BCUT2D eigenvalue weighted by atomic mass is 32.2. The van der Waals surface area contributed by atoms with E-state index in [1.165, 1.54) is 33.9 Å². The predicted octanol–water partition coefficient (Wildman–Crippen LogP) is 0.768. The molecule has 1 unspecified atom stereocenters. The molecule has 2 aliphatic rings. The number of carboxylic acids is 1. The summed E-state index contributed by atoms with van der Waals surface area (Å²) in [5.41, 5.74) is 0.940. The van der Waals surface area contributed by atoms with Gasteiger partial charge in [-0.2, -0.15) is 0 Å². The quantitative estimate of drug-likeness (QED) is 0.538. The van der Waals surface area contributed by atoms with Crippen LogP contribution in [0.15, 0.2) is 35.4 Å². The number of imide groups is 1. The van der Waals surface area contributed by atoms with Gasteiger partial charge in [-0.3, -0.25) is 24.4 Å². The van der Waals surface area contributed by atoms with E-state index in [4.69, 9.17) is 0 Å². The van der Waals surface area contributed by atoms with Crippen molar-refractivity contribution >= 4 is 39.4 Å². The molecule has 1 atom stereocenters. The molecule has 32 heavy (non-hydrogen) atoms. The number of rotatable bonds is 6. The summed E-state index contributed by atoms with van der Waals surface area (Å²) in [4.78, 5) is 48.7. The predicted molar refractivity (Wildman–Crippen MR) is 110 cm³/mol. The van der Waals surface area contributed by atoms with E-state index in [1.807, 2.05) is 0 Å². The molecule has 1 saturated heterocycles. The average Bonchev–Trinajstić information content (AvgIpc) is 3.30. The molecule has 0 spiro atoms. The second-order valence-electron chi connectivity index (χ2n) is 7.53. The summed E-state index contributed by atoms with van der Waals surface area (Å²) in [6, 6.07) is 4.72. The Morgan fingerprint density at radius 1 is 1.25 bits per heavy atom. The SMILES string of the molecule is CCn1cc(S(=O)(=O)Nc2ccc3c(c2)CN(C2CCC(=O)NC2=O)C3=O)cc1C(=O)O. The second-order valence-corrected chi connectivity index (χ2v) is 9.21. The van der Waals surface area contributed by atoms with Gasteiger partial charge in [0.1, 0.15) is 16.6 Å². The number of hydrogen-bond donors (Lipinski definition) is 3. The van der Waals surface area contributed by atoms with Crippen molar-refractivity contribution in [2.24, 2.45) is 0 Å². The standard InChI is InChI=1S/C20H20N4O7S/c1-2-23-10-13(8-16(23)20(28)29)32(30,31)22-12-3-4-14-11(7-12)9-24(19(14)27)15-5-6-17(25)21-18(15)26/h3-4,7-8,10,15,22H,2,5-6,9H2,1H3,(H,28,29)(H,21,25,26). The number of nitrogens with zero attached hydrogens (tertiary/aromatic N) is 2. The summed E-state index contributed by atoms with van der Waals surface area (Å²) in [5.74, 6) is -2.51. The molecule has 1 aromatic heterocycles. The lowest BCUT2D eigenvalue weighted by atomic mass is 10.0. The van der Waals surface area contributed by atoms with Crippen LogP contribution < -0.4 is 10.0 Å². The van der Waals surface area contributed by atoms with Gasteiger partial charge in [-0.25, -0.2) is 13.2 Å². The summed E-state index contributed by atoms with van der Waals surface area (Å²) in [6.07, 6.45) is 1.61.